The highest BCUT2D eigenvalue weighted by Crippen LogP contribution is 2.29. The van der Waals surface area contributed by atoms with Crippen molar-refractivity contribution in [3.8, 4) is 73.6 Å². The van der Waals surface area contributed by atoms with Crippen molar-refractivity contribution in [2.75, 3.05) is 0 Å². The third-order valence-corrected chi connectivity index (χ3v) is 10.7. The van der Waals surface area contributed by atoms with Crippen LogP contribution in [0.4, 0.5) is 0 Å². The van der Waals surface area contributed by atoms with Crippen molar-refractivity contribution in [2.24, 2.45) is 0 Å². The third-order valence-electron chi connectivity index (χ3n) is 9.43. The maximum atomic E-state index is 10.5. The summed E-state index contributed by atoms with van der Waals surface area (Å²) >= 11 is 12.0. The molecule has 0 saturated heterocycles. The van der Waals surface area contributed by atoms with Crippen molar-refractivity contribution >= 4 is 48.7 Å². The molecule has 0 saturated carbocycles. The van der Waals surface area contributed by atoms with E-state index >= 15 is 0 Å². The Bertz CT molecular complexity index is 2750. The lowest BCUT2D eigenvalue weighted by Crippen LogP contribution is -2.00. The maximum Gasteiger partial charge on any atom is 0.252 e. The number of nitrogens with zero attached hydrogens (tertiary/aromatic N) is 4. The van der Waals surface area contributed by atoms with Gasteiger partial charge in [0.1, 0.15) is 0 Å². The Labute approximate surface area is 377 Å². The van der Waals surface area contributed by atoms with Crippen LogP contribution in [0.1, 0.15) is 15.9 Å². The second-order valence-corrected chi connectivity index (χ2v) is 15.7. The van der Waals surface area contributed by atoms with E-state index in [1.165, 1.54) is 16.7 Å². The predicted molar refractivity (Wildman–Crippen MR) is 256 cm³/mol. The van der Waals surface area contributed by atoms with Gasteiger partial charge in [-0.25, -0.2) is 15.0 Å². The van der Waals surface area contributed by atoms with Gasteiger partial charge in [-0.15, -0.1) is 0 Å². The van der Waals surface area contributed by atoms with Gasteiger partial charge in [0.25, 0.3) is 5.24 Å². The minimum absolute atomic E-state index is 0.424. The van der Waals surface area contributed by atoms with Crippen LogP contribution in [-0.2, 0) is 0 Å². The van der Waals surface area contributed by atoms with E-state index in [1.807, 2.05) is 78.9 Å². The number of benzene rings is 8. The summed E-state index contributed by atoms with van der Waals surface area (Å²) in [6, 6.07) is 72.2. The Morgan fingerprint density at radius 3 is 0.951 bits per heavy atom. The molecule has 1 aromatic heterocycles. The molecule has 0 unspecified atom stereocenters. The van der Waals surface area contributed by atoms with Gasteiger partial charge >= 0.3 is 0 Å². The van der Waals surface area contributed by atoms with E-state index in [2.05, 4.69) is 147 Å². The first-order valence-corrected chi connectivity index (χ1v) is 21.1. The molecule has 294 valence electrons. The van der Waals surface area contributed by atoms with E-state index in [9.17, 15) is 4.79 Å². The molecule has 0 spiro atoms. The molecule has 1 heterocycles. The maximum absolute atomic E-state index is 10.5. The van der Waals surface area contributed by atoms with Gasteiger partial charge in [0.2, 0.25) is 0 Å². The fraction of sp³-hybridized carbons (Fsp3) is 0. The molecule has 0 aliphatic carbocycles. The summed E-state index contributed by atoms with van der Waals surface area (Å²) in [4.78, 5) is 25.1. The van der Waals surface area contributed by atoms with Crippen LogP contribution in [0.2, 0.25) is 0 Å². The second kappa shape index (κ2) is 20.9. The van der Waals surface area contributed by atoms with E-state index in [0.717, 1.165) is 42.3 Å². The molecular weight excluding hydrogens is 904 g/mol. The molecule has 9 aromatic rings. The quantitative estimate of drug-likeness (QED) is 0.149. The highest BCUT2D eigenvalue weighted by molar-refractivity contribution is 9.10. The summed E-state index contributed by atoms with van der Waals surface area (Å²) < 4.78 is 1.95. The average Bonchev–Trinajstić information content (AvgIpc) is 3.33. The Morgan fingerprint density at radius 1 is 0.377 bits per heavy atom. The number of halogens is 3. The number of nitriles is 1. The fourth-order valence-electron chi connectivity index (χ4n) is 6.20. The minimum Gasteiger partial charge on any atom is -0.276 e. The topological polar surface area (TPSA) is 79.5 Å². The lowest BCUT2D eigenvalue weighted by Gasteiger charge is -2.10. The van der Waals surface area contributed by atoms with Crippen LogP contribution >= 0.6 is 43.5 Å². The Balaban J connectivity index is 0.000000190. The Kier molecular flexibility index (Phi) is 14.5. The normalized spacial score (nSPS) is 10.3. The molecule has 61 heavy (non-hydrogen) atoms. The number of hydrogen-bond acceptors (Lipinski definition) is 5. The van der Waals surface area contributed by atoms with E-state index in [4.69, 9.17) is 31.8 Å². The molecule has 0 radical (unpaired) electrons. The molecule has 0 aliphatic rings. The van der Waals surface area contributed by atoms with Crippen LogP contribution in [0.25, 0.3) is 67.5 Å². The zero-order chi connectivity index (χ0) is 42.4. The number of hydrogen-bond donors (Lipinski definition) is 0. The summed E-state index contributed by atoms with van der Waals surface area (Å²) in [6.45, 7) is 0. The van der Waals surface area contributed by atoms with E-state index in [-0.39, 0.29) is 0 Å². The summed E-state index contributed by atoms with van der Waals surface area (Å²) in [5.74, 6) is 1.94. The summed E-state index contributed by atoms with van der Waals surface area (Å²) in [7, 11) is 0. The number of rotatable bonds is 7. The van der Waals surface area contributed by atoms with Gasteiger partial charge in [-0.1, -0.05) is 196 Å². The highest BCUT2D eigenvalue weighted by Gasteiger charge is 2.13. The largest absolute Gasteiger partial charge is 0.276 e. The molecule has 0 N–H and O–H groups in total. The van der Waals surface area contributed by atoms with Gasteiger partial charge in [0.05, 0.1) is 11.6 Å². The van der Waals surface area contributed by atoms with Crippen molar-refractivity contribution in [1.82, 2.24) is 15.0 Å². The van der Waals surface area contributed by atoms with E-state index < -0.39 is 5.24 Å². The van der Waals surface area contributed by atoms with Crippen LogP contribution in [0.5, 0.6) is 0 Å². The van der Waals surface area contributed by atoms with Crippen molar-refractivity contribution in [2.45, 2.75) is 0 Å². The molecule has 0 fully saturated rings. The van der Waals surface area contributed by atoms with Gasteiger partial charge in [0.15, 0.2) is 17.5 Å². The molecule has 8 aromatic carbocycles. The van der Waals surface area contributed by atoms with Crippen molar-refractivity contribution in [3.63, 3.8) is 0 Å². The van der Waals surface area contributed by atoms with Crippen LogP contribution in [0.3, 0.4) is 0 Å². The lowest BCUT2D eigenvalue weighted by molar-refractivity contribution is 0.108. The molecular formula is C53H35Br2ClN4O. The Hall–Kier alpha value is -6.82. The highest BCUT2D eigenvalue weighted by atomic mass is 79.9. The monoisotopic (exact) mass is 936 g/mol. The smallest absolute Gasteiger partial charge is 0.252 e. The summed E-state index contributed by atoms with van der Waals surface area (Å²) in [6.07, 6.45) is 0. The number of carbonyl (C=O) groups is 1. The summed E-state index contributed by atoms with van der Waals surface area (Å²) in [5.41, 5.74) is 11.0. The molecule has 0 atom stereocenters. The van der Waals surface area contributed by atoms with Gasteiger partial charge in [-0.3, -0.25) is 4.79 Å². The predicted octanol–water partition coefficient (Wildman–Crippen LogP) is 15.0. The standard InChI is InChI=1S/C33H22BrN3.C13H9N.C7H4BrClO/c34-30-21-19-29(20-22-30)33-36-31(27-15-11-25(12-16-27)23-7-3-1-4-8-23)35-32(37-33)28-17-13-26(14-18-28)24-9-5-2-6-10-24;14-10-11-6-8-13(9-7-11)12-4-2-1-3-5-12;8-6-3-1-5(2-4-6)7(9)10/h1-22H;1-9H;1-4H. The van der Waals surface area contributed by atoms with Crippen molar-refractivity contribution in [1.29, 1.82) is 5.26 Å². The first-order valence-electron chi connectivity index (χ1n) is 19.2. The SMILES string of the molecule is Brc1ccc(-c2nc(-c3ccc(-c4ccccc4)cc3)nc(-c3ccc(-c4ccccc4)cc3)n2)cc1.N#Cc1ccc(-c2ccccc2)cc1.O=C(Cl)c1ccc(Br)cc1. The average molecular weight is 939 g/mol. The first kappa shape index (κ1) is 42.3. The van der Waals surface area contributed by atoms with Gasteiger partial charge in [0, 0.05) is 31.2 Å². The van der Waals surface area contributed by atoms with E-state index in [1.54, 1.807) is 24.3 Å². The van der Waals surface area contributed by atoms with Crippen molar-refractivity contribution in [3.05, 3.63) is 232 Å². The molecule has 8 heteroatoms. The van der Waals surface area contributed by atoms with Crippen LogP contribution in [0.15, 0.2) is 221 Å². The van der Waals surface area contributed by atoms with Gasteiger partial charge in [-0.2, -0.15) is 5.26 Å². The zero-order valence-corrected chi connectivity index (χ0v) is 36.5. The van der Waals surface area contributed by atoms with Crippen LogP contribution in [-0.4, -0.2) is 20.2 Å². The van der Waals surface area contributed by atoms with Crippen molar-refractivity contribution < 1.29 is 4.79 Å². The second-order valence-electron chi connectivity index (χ2n) is 13.5. The Morgan fingerprint density at radius 2 is 0.639 bits per heavy atom. The van der Waals surface area contributed by atoms with Crippen LogP contribution in [0, 0.1) is 11.3 Å². The minimum atomic E-state index is -0.424. The molecule has 0 aliphatic heterocycles. The van der Waals surface area contributed by atoms with E-state index in [0.29, 0.717) is 28.6 Å². The third kappa shape index (κ3) is 11.7. The molecule has 9 rings (SSSR count). The molecule has 0 amide bonds. The number of carbonyl (C=O) groups excluding carboxylic acids is 1. The van der Waals surface area contributed by atoms with Gasteiger partial charge in [-0.05, 0) is 93.5 Å². The van der Waals surface area contributed by atoms with Gasteiger partial charge < -0.3 is 0 Å². The fourth-order valence-corrected chi connectivity index (χ4v) is 6.85. The summed E-state index contributed by atoms with van der Waals surface area (Å²) in [5, 5.41) is 8.23. The first-order chi connectivity index (χ1) is 29.8. The van der Waals surface area contributed by atoms with Crippen LogP contribution < -0.4 is 0 Å². The lowest BCUT2D eigenvalue weighted by atomic mass is 10.0. The number of aromatic nitrogens is 3. The molecule has 5 nitrogen and oxygen atoms in total. The zero-order valence-electron chi connectivity index (χ0n) is 32.5. The molecule has 0 bridgehead atoms.